The lowest BCUT2D eigenvalue weighted by molar-refractivity contribution is -0.892. The monoisotopic (exact) mass is 357 g/mol. The van der Waals surface area contributed by atoms with Crippen molar-refractivity contribution in [2.75, 3.05) is 49.6 Å². The van der Waals surface area contributed by atoms with Crippen molar-refractivity contribution in [1.82, 2.24) is 0 Å². The van der Waals surface area contributed by atoms with Gasteiger partial charge in [0.15, 0.2) is 12.7 Å². The number of hydrogen-bond acceptors (Lipinski definition) is 4. The Labute approximate surface area is 151 Å². The summed E-state index contributed by atoms with van der Waals surface area (Å²) in [6.45, 7) is 3.75. The van der Waals surface area contributed by atoms with Crippen molar-refractivity contribution in [3.05, 3.63) is 58.8 Å². The topological polar surface area (TPSA) is 85.3 Å². The molecular formula is C18H23N5O3+2. The zero-order valence-electron chi connectivity index (χ0n) is 14.7. The van der Waals surface area contributed by atoms with Crippen molar-refractivity contribution >= 4 is 23.1 Å². The number of likely N-dealkylation sites (N-methyl/N-ethyl adjacent to an activating group) is 1. The molecule has 2 aromatic rings. The number of H-pyrrole nitrogens is 1. The molecule has 0 unspecified atom stereocenters. The maximum Gasteiger partial charge on any atom is 0.308 e. The molecule has 2 heterocycles. The molecule has 1 fully saturated rings. The van der Waals surface area contributed by atoms with Gasteiger partial charge in [0.2, 0.25) is 0 Å². The number of rotatable bonds is 5. The third kappa shape index (κ3) is 4.15. The van der Waals surface area contributed by atoms with Crippen LogP contribution in [-0.4, -0.2) is 50.6 Å². The first-order chi connectivity index (χ1) is 12.5. The molecule has 8 nitrogen and oxygen atoms in total. The first-order valence-electron chi connectivity index (χ1n) is 8.61. The fourth-order valence-electron chi connectivity index (χ4n) is 3.09. The van der Waals surface area contributed by atoms with Gasteiger partial charge in [0.25, 0.3) is 11.7 Å². The second-order valence-electron chi connectivity index (χ2n) is 6.39. The van der Waals surface area contributed by atoms with Crippen LogP contribution in [0.4, 0.5) is 17.2 Å². The van der Waals surface area contributed by atoms with E-state index in [0.29, 0.717) is 6.54 Å². The van der Waals surface area contributed by atoms with Gasteiger partial charge in [-0.25, -0.2) is 4.98 Å². The first-order valence-corrected chi connectivity index (χ1v) is 8.61. The molecule has 26 heavy (non-hydrogen) atoms. The summed E-state index contributed by atoms with van der Waals surface area (Å²) in [5.74, 6) is 0.962. The van der Waals surface area contributed by atoms with Crippen LogP contribution in [0.25, 0.3) is 0 Å². The summed E-state index contributed by atoms with van der Waals surface area (Å²) in [6, 6.07) is 12.9. The highest BCUT2D eigenvalue weighted by molar-refractivity contribution is 5.93. The molecule has 1 aromatic heterocycles. The van der Waals surface area contributed by atoms with Gasteiger partial charge in [0.1, 0.15) is 26.2 Å². The molecule has 1 aromatic carbocycles. The van der Waals surface area contributed by atoms with Crippen LogP contribution < -0.4 is 19.7 Å². The van der Waals surface area contributed by atoms with E-state index in [4.69, 9.17) is 0 Å². The van der Waals surface area contributed by atoms with Crippen molar-refractivity contribution in [1.29, 1.82) is 0 Å². The molecule has 0 aliphatic carbocycles. The third-order valence-corrected chi connectivity index (χ3v) is 4.72. The summed E-state index contributed by atoms with van der Waals surface area (Å²) in [6.07, 6.45) is 1.41. The van der Waals surface area contributed by atoms with Gasteiger partial charge < -0.3 is 9.80 Å². The number of pyridine rings is 1. The third-order valence-electron chi connectivity index (χ3n) is 4.72. The lowest BCUT2D eigenvalue weighted by atomic mass is 10.2. The number of anilines is 2. The summed E-state index contributed by atoms with van der Waals surface area (Å²) in [7, 11) is 1.80. The Kier molecular flexibility index (Phi) is 5.43. The highest BCUT2D eigenvalue weighted by Gasteiger charge is 2.28. The Bertz CT molecular complexity index is 758. The average molecular weight is 357 g/mol. The van der Waals surface area contributed by atoms with Gasteiger partial charge in [0.05, 0.1) is 4.92 Å². The number of quaternary nitrogens is 1. The lowest BCUT2D eigenvalue weighted by Crippen LogP contribution is -3.16. The number of carbonyl (C=O) groups excluding carboxylic acids is 1. The van der Waals surface area contributed by atoms with Gasteiger partial charge in [-0.1, -0.05) is 18.2 Å². The molecule has 1 saturated heterocycles. The van der Waals surface area contributed by atoms with E-state index < -0.39 is 4.92 Å². The van der Waals surface area contributed by atoms with Crippen molar-refractivity contribution in [2.24, 2.45) is 0 Å². The summed E-state index contributed by atoms with van der Waals surface area (Å²) in [4.78, 5) is 30.9. The van der Waals surface area contributed by atoms with Crippen molar-refractivity contribution in [3.63, 3.8) is 0 Å². The van der Waals surface area contributed by atoms with E-state index in [2.05, 4.69) is 9.88 Å². The number of benzene rings is 1. The molecule has 1 amide bonds. The number of nitrogens with one attached hydrogen (secondary N) is 2. The SMILES string of the molecule is CN(C(=O)C[NH+]1CCN(c2ccc([N+](=O)[O-])c[nH+]2)CC1)c1ccccc1. The highest BCUT2D eigenvalue weighted by atomic mass is 16.6. The van der Waals surface area contributed by atoms with Crippen molar-refractivity contribution in [3.8, 4) is 0 Å². The van der Waals surface area contributed by atoms with E-state index in [9.17, 15) is 14.9 Å². The largest absolute Gasteiger partial charge is 0.321 e. The Morgan fingerprint density at radius 3 is 2.50 bits per heavy atom. The number of nitro groups is 1. The minimum atomic E-state index is -0.419. The average Bonchev–Trinajstić information content (AvgIpc) is 2.68. The van der Waals surface area contributed by atoms with Gasteiger partial charge in [-0.3, -0.25) is 19.8 Å². The molecule has 3 rings (SSSR count). The normalized spacial score (nSPS) is 14.9. The molecule has 1 aliphatic heterocycles. The van der Waals surface area contributed by atoms with Gasteiger partial charge >= 0.3 is 5.69 Å². The summed E-state index contributed by atoms with van der Waals surface area (Å²) in [5.41, 5.74) is 0.948. The Balaban J connectivity index is 1.52. The van der Waals surface area contributed by atoms with E-state index in [1.165, 1.54) is 17.2 Å². The number of aromatic nitrogens is 1. The van der Waals surface area contributed by atoms with Crippen LogP contribution in [-0.2, 0) is 4.79 Å². The number of carbonyl (C=O) groups is 1. The minimum Gasteiger partial charge on any atom is -0.321 e. The van der Waals surface area contributed by atoms with Gasteiger partial charge in [-0.2, -0.15) is 0 Å². The van der Waals surface area contributed by atoms with Gasteiger partial charge in [-0.05, 0) is 12.1 Å². The molecular weight excluding hydrogens is 334 g/mol. The Morgan fingerprint density at radius 2 is 1.92 bits per heavy atom. The minimum absolute atomic E-state index is 0.0487. The van der Waals surface area contributed by atoms with E-state index in [0.717, 1.165) is 37.7 Å². The van der Waals surface area contributed by atoms with Crippen LogP contribution in [0.5, 0.6) is 0 Å². The van der Waals surface area contributed by atoms with Crippen LogP contribution in [0.2, 0.25) is 0 Å². The second kappa shape index (κ2) is 7.92. The molecule has 0 atom stereocenters. The lowest BCUT2D eigenvalue weighted by Gasteiger charge is -2.29. The molecule has 0 spiro atoms. The summed E-state index contributed by atoms with van der Waals surface area (Å²) in [5, 5.41) is 10.7. The van der Waals surface area contributed by atoms with E-state index in [-0.39, 0.29) is 11.6 Å². The standard InChI is InChI=1S/C18H21N5O3/c1-20(15-5-3-2-4-6-15)18(24)14-21-9-11-22(12-10-21)17-8-7-16(13-19-17)23(25)26/h2-8,13H,9-12,14H2,1H3/p+2. The van der Waals surface area contributed by atoms with Crippen LogP contribution in [0.15, 0.2) is 48.7 Å². The van der Waals surface area contributed by atoms with Gasteiger partial charge in [-0.15, -0.1) is 0 Å². The molecule has 136 valence electrons. The van der Waals surface area contributed by atoms with Gasteiger partial charge in [0, 0.05) is 24.9 Å². The maximum absolute atomic E-state index is 12.5. The van der Waals surface area contributed by atoms with E-state index in [1.807, 2.05) is 30.3 Å². The summed E-state index contributed by atoms with van der Waals surface area (Å²) >= 11 is 0. The quantitative estimate of drug-likeness (QED) is 0.592. The zero-order chi connectivity index (χ0) is 18.5. The molecule has 8 heteroatoms. The van der Waals surface area contributed by atoms with Crippen LogP contribution >= 0.6 is 0 Å². The molecule has 0 bridgehead atoms. The molecule has 0 saturated carbocycles. The number of hydrogen-bond donors (Lipinski definition) is 1. The van der Waals surface area contributed by atoms with Crippen LogP contribution in [0.1, 0.15) is 0 Å². The maximum atomic E-state index is 12.5. The molecule has 2 N–H and O–H groups in total. The van der Waals surface area contributed by atoms with Crippen molar-refractivity contribution < 1.29 is 19.6 Å². The van der Waals surface area contributed by atoms with E-state index >= 15 is 0 Å². The fourth-order valence-corrected chi connectivity index (χ4v) is 3.09. The fraction of sp³-hybridized carbons (Fsp3) is 0.333. The smallest absolute Gasteiger partial charge is 0.308 e. The number of aromatic amines is 1. The molecule has 0 radical (unpaired) electrons. The van der Waals surface area contributed by atoms with Crippen LogP contribution in [0, 0.1) is 10.1 Å². The number of piperazine rings is 1. The number of para-hydroxylation sites is 1. The van der Waals surface area contributed by atoms with E-state index in [1.54, 1.807) is 18.0 Å². The van der Waals surface area contributed by atoms with Crippen molar-refractivity contribution in [2.45, 2.75) is 0 Å². The second-order valence-corrected chi connectivity index (χ2v) is 6.39. The number of amides is 1. The Morgan fingerprint density at radius 1 is 1.23 bits per heavy atom. The number of nitrogens with zero attached hydrogens (tertiary/aromatic N) is 3. The molecule has 1 aliphatic rings. The first kappa shape index (κ1) is 17.8. The predicted molar refractivity (Wildman–Crippen MR) is 97.3 cm³/mol. The zero-order valence-corrected chi connectivity index (χ0v) is 14.7. The van der Waals surface area contributed by atoms with Crippen LogP contribution in [0.3, 0.4) is 0 Å². The Hall–Kier alpha value is -3.00. The summed E-state index contributed by atoms with van der Waals surface area (Å²) < 4.78 is 0. The predicted octanol–water partition coefficient (Wildman–Crippen LogP) is -0.223. The highest BCUT2D eigenvalue weighted by Crippen LogP contribution is 2.12.